The van der Waals surface area contributed by atoms with Crippen molar-refractivity contribution in [3.8, 4) is 0 Å². The fraction of sp³-hybridized carbons (Fsp3) is 0.240. The number of imidazole rings is 1. The van der Waals surface area contributed by atoms with Gasteiger partial charge in [0.1, 0.15) is 0 Å². The predicted octanol–water partition coefficient (Wildman–Crippen LogP) is 3.48. The van der Waals surface area contributed by atoms with Crippen molar-refractivity contribution < 1.29 is 13.2 Å². The van der Waals surface area contributed by atoms with Crippen LogP contribution >= 0.6 is 0 Å². The quantitative estimate of drug-likeness (QED) is 0.459. The van der Waals surface area contributed by atoms with Gasteiger partial charge in [0.05, 0.1) is 15.4 Å². The number of amides is 1. The highest BCUT2D eigenvalue weighted by Gasteiger charge is 2.20. The summed E-state index contributed by atoms with van der Waals surface area (Å²) in [5, 5.41) is 2.84. The van der Waals surface area contributed by atoms with E-state index < -0.39 is 9.84 Å². The van der Waals surface area contributed by atoms with Gasteiger partial charge in [0.25, 0.3) is 5.91 Å². The van der Waals surface area contributed by atoms with Crippen molar-refractivity contribution in [2.24, 2.45) is 0 Å². The van der Waals surface area contributed by atoms with Crippen molar-refractivity contribution in [1.82, 2.24) is 19.7 Å². The molecule has 0 aliphatic carbocycles. The van der Waals surface area contributed by atoms with Crippen molar-refractivity contribution >= 4 is 27.2 Å². The van der Waals surface area contributed by atoms with Crippen LogP contribution < -0.4 is 10.2 Å². The van der Waals surface area contributed by atoms with Crippen LogP contribution in [-0.2, 0) is 16.4 Å². The van der Waals surface area contributed by atoms with Crippen molar-refractivity contribution in [2.45, 2.75) is 35.6 Å². The minimum absolute atomic E-state index is 0.230. The molecule has 9 heteroatoms. The third-order valence-corrected chi connectivity index (χ3v) is 7.81. The molecule has 0 unspecified atom stereocenters. The molecule has 1 saturated heterocycles. The second-order valence-corrected chi connectivity index (χ2v) is 10.3. The summed E-state index contributed by atoms with van der Waals surface area (Å²) in [5.74, 6) is 0.254. The molecule has 0 atom stereocenters. The number of carbonyl (C=O) groups is 1. The molecule has 1 N–H and O–H groups in total. The molecule has 0 saturated carbocycles. The number of hydrogen-bond donors (Lipinski definition) is 1. The molecule has 1 aliphatic rings. The average Bonchev–Trinajstić information content (AvgIpc) is 3.36. The number of anilines is 1. The second-order valence-electron chi connectivity index (χ2n) is 8.35. The summed E-state index contributed by atoms with van der Waals surface area (Å²) in [6.45, 7) is 2.18. The van der Waals surface area contributed by atoms with Gasteiger partial charge in [0, 0.05) is 50.1 Å². The summed E-state index contributed by atoms with van der Waals surface area (Å²) in [6.07, 6.45) is 9.96. The zero-order valence-corrected chi connectivity index (χ0v) is 19.4. The van der Waals surface area contributed by atoms with E-state index in [0.29, 0.717) is 16.2 Å². The molecule has 34 heavy (non-hydrogen) atoms. The van der Waals surface area contributed by atoms with E-state index in [0.717, 1.165) is 37.2 Å². The van der Waals surface area contributed by atoms with Gasteiger partial charge in [-0.1, -0.05) is 18.2 Å². The Hall–Kier alpha value is -3.72. The zero-order valence-electron chi connectivity index (χ0n) is 18.6. The van der Waals surface area contributed by atoms with E-state index in [-0.39, 0.29) is 17.3 Å². The van der Waals surface area contributed by atoms with E-state index in [1.165, 1.54) is 12.6 Å². The maximum absolute atomic E-state index is 13.2. The molecule has 8 nitrogen and oxygen atoms in total. The molecule has 0 radical (unpaired) electrons. The number of rotatable bonds is 6. The highest BCUT2D eigenvalue weighted by Crippen LogP contribution is 2.27. The maximum Gasteiger partial charge on any atom is 0.254 e. The first-order valence-corrected chi connectivity index (χ1v) is 12.7. The van der Waals surface area contributed by atoms with Crippen molar-refractivity contribution in [1.29, 1.82) is 0 Å². The van der Waals surface area contributed by atoms with E-state index in [1.807, 2.05) is 6.07 Å². The Morgan fingerprint density at radius 2 is 1.76 bits per heavy atom. The van der Waals surface area contributed by atoms with Crippen LogP contribution in [0.2, 0.25) is 0 Å². The number of nitrogens with zero attached hydrogens (tertiary/aromatic N) is 4. The minimum atomic E-state index is -3.64. The number of benzene rings is 2. The largest absolute Gasteiger partial charge is 0.372 e. The van der Waals surface area contributed by atoms with Gasteiger partial charge in [0.15, 0.2) is 0 Å². The molecule has 2 aromatic heterocycles. The Morgan fingerprint density at radius 1 is 0.971 bits per heavy atom. The highest BCUT2D eigenvalue weighted by atomic mass is 32.2. The van der Waals surface area contributed by atoms with Crippen molar-refractivity contribution in [2.75, 3.05) is 18.0 Å². The minimum Gasteiger partial charge on any atom is -0.372 e. The molecule has 0 spiro atoms. The monoisotopic (exact) mass is 475 g/mol. The van der Waals surface area contributed by atoms with Crippen LogP contribution in [0.15, 0.2) is 83.1 Å². The smallest absolute Gasteiger partial charge is 0.254 e. The van der Waals surface area contributed by atoms with Crippen LogP contribution in [0.4, 0.5) is 5.69 Å². The van der Waals surface area contributed by atoms with Gasteiger partial charge in [-0.05, 0) is 55.2 Å². The Labute approximate surface area is 198 Å². The second kappa shape index (κ2) is 9.26. The van der Waals surface area contributed by atoms with E-state index in [1.54, 1.807) is 65.5 Å². The molecule has 1 fully saturated rings. The number of fused-ring (bicyclic) bond motifs is 1. The Kier molecular flexibility index (Phi) is 6.02. The molecule has 5 rings (SSSR count). The lowest BCUT2D eigenvalue weighted by molar-refractivity contribution is 0.0950. The number of sulfone groups is 1. The van der Waals surface area contributed by atoms with Gasteiger partial charge >= 0.3 is 0 Å². The number of piperidine rings is 1. The molecule has 2 aromatic carbocycles. The third-order valence-electron chi connectivity index (χ3n) is 6.04. The first-order chi connectivity index (χ1) is 16.5. The Bertz CT molecular complexity index is 1420. The van der Waals surface area contributed by atoms with Crippen LogP contribution in [0.3, 0.4) is 0 Å². The molecule has 3 heterocycles. The SMILES string of the molecule is O=C(NCc1ccc(S(=O)(=O)c2cccc(N3CCCCC3)c2)cc1)c1cnc2nccn2c1. The van der Waals surface area contributed by atoms with E-state index >= 15 is 0 Å². The maximum atomic E-state index is 13.2. The first kappa shape index (κ1) is 22.1. The molecule has 0 bridgehead atoms. The van der Waals surface area contributed by atoms with Crippen LogP contribution in [-0.4, -0.2) is 41.8 Å². The van der Waals surface area contributed by atoms with Gasteiger partial charge in [0.2, 0.25) is 15.6 Å². The number of carbonyl (C=O) groups excluding carboxylic acids is 1. The fourth-order valence-electron chi connectivity index (χ4n) is 4.14. The number of aromatic nitrogens is 3. The molecule has 1 amide bonds. The highest BCUT2D eigenvalue weighted by molar-refractivity contribution is 7.91. The van der Waals surface area contributed by atoms with Gasteiger partial charge in [-0.15, -0.1) is 0 Å². The average molecular weight is 476 g/mol. The molecular weight excluding hydrogens is 450 g/mol. The van der Waals surface area contributed by atoms with Crippen molar-refractivity contribution in [3.63, 3.8) is 0 Å². The normalized spacial score (nSPS) is 14.3. The van der Waals surface area contributed by atoms with E-state index in [4.69, 9.17) is 0 Å². The van der Waals surface area contributed by atoms with Gasteiger partial charge in [-0.25, -0.2) is 18.4 Å². The van der Waals surface area contributed by atoms with Gasteiger partial charge in [-0.3, -0.25) is 9.20 Å². The van der Waals surface area contributed by atoms with Gasteiger partial charge in [-0.2, -0.15) is 0 Å². The van der Waals surface area contributed by atoms with Crippen molar-refractivity contribution in [3.05, 3.63) is 84.4 Å². The fourth-order valence-corrected chi connectivity index (χ4v) is 5.44. The summed E-state index contributed by atoms with van der Waals surface area (Å²) in [7, 11) is -3.64. The lowest BCUT2D eigenvalue weighted by atomic mass is 10.1. The Morgan fingerprint density at radius 3 is 2.56 bits per heavy atom. The number of hydrogen-bond acceptors (Lipinski definition) is 6. The summed E-state index contributed by atoms with van der Waals surface area (Å²) in [4.78, 5) is 23.4. The molecular formula is C25H25N5O3S. The molecule has 4 aromatic rings. The van der Waals surface area contributed by atoms with Crippen LogP contribution in [0.25, 0.3) is 5.78 Å². The lowest BCUT2D eigenvalue weighted by Crippen LogP contribution is -2.29. The molecule has 1 aliphatic heterocycles. The Balaban J connectivity index is 1.27. The lowest BCUT2D eigenvalue weighted by Gasteiger charge is -2.29. The van der Waals surface area contributed by atoms with Gasteiger partial charge < -0.3 is 10.2 Å². The van der Waals surface area contributed by atoms with E-state index in [9.17, 15) is 13.2 Å². The van der Waals surface area contributed by atoms with Crippen LogP contribution in [0.5, 0.6) is 0 Å². The predicted molar refractivity (Wildman–Crippen MR) is 129 cm³/mol. The van der Waals surface area contributed by atoms with E-state index in [2.05, 4.69) is 20.2 Å². The summed E-state index contributed by atoms with van der Waals surface area (Å²) >= 11 is 0. The van der Waals surface area contributed by atoms with Crippen LogP contribution in [0.1, 0.15) is 35.2 Å². The summed E-state index contributed by atoms with van der Waals surface area (Å²) in [6, 6.07) is 13.8. The standard InChI is InChI=1S/C25H25N5O3S/c31-24(20-17-28-25-26-11-14-30(25)18-20)27-16-19-7-9-22(10-8-19)34(32,33)23-6-4-5-21(15-23)29-12-2-1-3-13-29/h4-11,14-15,17-18H,1-3,12-13,16H2,(H,27,31). The zero-order chi connectivity index (χ0) is 23.5. The first-order valence-electron chi connectivity index (χ1n) is 11.3. The number of nitrogens with one attached hydrogen (secondary N) is 1. The summed E-state index contributed by atoms with van der Waals surface area (Å²) < 4.78 is 28.1. The topological polar surface area (TPSA) is 96.7 Å². The molecule has 174 valence electrons. The van der Waals surface area contributed by atoms with Crippen LogP contribution in [0, 0.1) is 0 Å². The third kappa shape index (κ3) is 4.51. The summed E-state index contributed by atoms with van der Waals surface area (Å²) in [5.41, 5.74) is 2.16.